The van der Waals surface area contributed by atoms with Crippen molar-refractivity contribution in [3.05, 3.63) is 29.6 Å². The molecule has 1 aliphatic heterocycles. The molecule has 2 aliphatic rings. The number of fused-ring (bicyclic) bond motifs is 1. The van der Waals surface area contributed by atoms with Gasteiger partial charge in [-0.2, -0.15) is 0 Å². The number of methoxy groups -OCH3 is 1. The van der Waals surface area contributed by atoms with Gasteiger partial charge in [0.05, 0.1) is 7.11 Å². The van der Waals surface area contributed by atoms with Crippen LogP contribution in [0.1, 0.15) is 17.7 Å². The second-order valence-corrected chi connectivity index (χ2v) is 4.37. The number of ether oxygens (including phenoxy) is 2. The van der Waals surface area contributed by atoms with E-state index in [0.29, 0.717) is 0 Å². The van der Waals surface area contributed by atoms with E-state index in [1.807, 2.05) is 12.3 Å². The fraction of sp³-hybridized carbons (Fsp3) is 0.500. The molecule has 1 spiro atoms. The summed E-state index contributed by atoms with van der Waals surface area (Å²) in [6, 6.07) is 3.98. The number of esters is 1. The number of pyridine rings is 1. The molecular weight excluding hydrogens is 206 g/mol. The minimum atomic E-state index is -0.370. The van der Waals surface area contributed by atoms with Crippen LogP contribution in [0.5, 0.6) is 0 Å². The van der Waals surface area contributed by atoms with Crippen LogP contribution in [0.4, 0.5) is 0 Å². The molecule has 0 saturated carbocycles. The molecule has 1 aromatic rings. The van der Waals surface area contributed by atoms with Gasteiger partial charge >= 0.3 is 5.97 Å². The van der Waals surface area contributed by atoms with Gasteiger partial charge in [0, 0.05) is 18.3 Å². The lowest BCUT2D eigenvalue weighted by molar-refractivity contribution is -0.142. The van der Waals surface area contributed by atoms with Gasteiger partial charge in [-0.3, -0.25) is 4.98 Å². The Labute approximate surface area is 93.6 Å². The average Bonchev–Trinajstić information content (AvgIpc) is 3.02. The summed E-state index contributed by atoms with van der Waals surface area (Å²) < 4.78 is 10.3. The molecule has 1 aromatic heterocycles. The summed E-state index contributed by atoms with van der Waals surface area (Å²) >= 11 is 0. The number of aryl methyl sites for hydroxylation is 1. The lowest BCUT2D eigenvalue weighted by Gasteiger charge is -2.20. The number of carbonyl (C=O) groups is 1. The van der Waals surface area contributed by atoms with Gasteiger partial charge < -0.3 is 9.47 Å². The number of carbonyl (C=O) groups excluding carboxylic acids is 1. The lowest BCUT2D eigenvalue weighted by Crippen LogP contribution is -2.29. The van der Waals surface area contributed by atoms with Crippen LogP contribution < -0.4 is 0 Å². The Kier molecular flexibility index (Phi) is 2.01. The topological polar surface area (TPSA) is 51.7 Å². The summed E-state index contributed by atoms with van der Waals surface area (Å²) in [4.78, 5) is 15.7. The molecular formula is C12H13NO3. The predicted octanol–water partition coefficient (Wildman–Crippen LogP) is 0.881. The lowest BCUT2D eigenvalue weighted by atomic mass is 9.84. The number of nitrogens with zero attached hydrogens (tertiary/aromatic N) is 1. The van der Waals surface area contributed by atoms with Crippen molar-refractivity contribution in [2.45, 2.75) is 31.0 Å². The molecule has 84 valence electrons. The molecule has 3 rings (SSSR count). The van der Waals surface area contributed by atoms with Gasteiger partial charge in [-0.25, -0.2) is 4.79 Å². The molecule has 4 heteroatoms. The highest BCUT2D eigenvalue weighted by Gasteiger charge is 2.62. The van der Waals surface area contributed by atoms with Crippen LogP contribution in [-0.4, -0.2) is 29.8 Å². The maximum atomic E-state index is 11.4. The first kappa shape index (κ1) is 9.78. The Morgan fingerprint density at radius 3 is 3.38 bits per heavy atom. The van der Waals surface area contributed by atoms with E-state index in [4.69, 9.17) is 9.47 Å². The Bertz CT molecular complexity index is 446. The summed E-state index contributed by atoms with van der Waals surface area (Å²) in [5.74, 6) is -0.257. The smallest absolute Gasteiger partial charge is 0.338 e. The van der Waals surface area contributed by atoms with Crippen molar-refractivity contribution in [3.8, 4) is 0 Å². The summed E-state index contributed by atoms with van der Waals surface area (Å²) in [5.41, 5.74) is 2.02. The third-order valence-electron chi connectivity index (χ3n) is 3.45. The van der Waals surface area contributed by atoms with Crippen molar-refractivity contribution in [1.82, 2.24) is 4.98 Å². The van der Waals surface area contributed by atoms with Gasteiger partial charge in [0.15, 0.2) is 6.10 Å². The van der Waals surface area contributed by atoms with Crippen LogP contribution in [0.3, 0.4) is 0 Å². The Hall–Kier alpha value is -1.42. The van der Waals surface area contributed by atoms with Gasteiger partial charge in [0.2, 0.25) is 0 Å². The molecule has 1 aliphatic carbocycles. The molecule has 0 amide bonds. The van der Waals surface area contributed by atoms with E-state index in [2.05, 4.69) is 11.1 Å². The van der Waals surface area contributed by atoms with E-state index in [-0.39, 0.29) is 17.7 Å². The van der Waals surface area contributed by atoms with E-state index >= 15 is 0 Å². The van der Waals surface area contributed by atoms with Crippen LogP contribution in [0, 0.1) is 0 Å². The third-order valence-corrected chi connectivity index (χ3v) is 3.45. The third kappa shape index (κ3) is 1.33. The highest BCUT2D eigenvalue weighted by atomic mass is 16.7. The van der Waals surface area contributed by atoms with Crippen LogP contribution in [-0.2, 0) is 27.1 Å². The predicted molar refractivity (Wildman–Crippen MR) is 55.9 cm³/mol. The second-order valence-electron chi connectivity index (χ2n) is 4.37. The van der Waals surface area contributed by atoms with Crippen LogP contribution in [0.15, 0.2) is 18.3 Å². The van der Waals surface area contributed by atoms with E-state index in [1.165, 1.54) is 12.7 Å². The number of rotatable bonds is 1. The monoisotopic (exact) mass is 219 g/mol. The fourth-order valence-corrected chi connectivity index (χ4v) is 2.49. The highest BCUT2D eigenvalue weighted by Crippen LogP contribution is 2.46. The van der Waals surface area contributed by atoms with E-state index in [0.717, 1.165) is 25.0 Å². The number of hydrogen-bond acceptors (Lipinski definition) is 4. The van der Waals surface area contributed by atoms with Crippen LogP contribution >= 0.6 is 0 Å². The molecule has 16 heavy (non-hydrogen) atoms. The zero-order valence-electron chi connectivity index (χ0n) is 9.10. The van der Waals surface area contributed by atoms with Crippen molar-refractivity contribution in [3.63, 3.8) is 0 Å². The maximum Gasteiger partial charge on any atom is 0.338 e. The Balaban J connectivity index is 1.82. The highest BCUT2D eigenvalue weighted by molar-refractivity contribution is 5.79. The zero-order valence-corrected chi connectivity index (χ0v) is 9.10. The fourth-order valence-electron chi connectivity index (χ4n) is 2.49. The van der Waals surface area contributed by atoms with E-state index in [9.17, 15) is 4.79 Å². The number of aromatic nitrogens is 1. The molecule has 2 atom stereocenters. The molecule has 0 radical (unpaired) electrons. The van der Waals surface area contributed by atoms with Crippen molar-refractivity contribution >= 4 is 5.97 Å². The maximum absolute atomic E-state index is 11.4. The first-order valence-corrected chi connectivity index (χ1v) is 5.44. The molecule has 1 fully saturated rings. The molecule has 0 aromatic carbocycles. The van der Waals surface area contributed by atoms with Gasteiger partial charge in [-0.15, -0.1) is 0 Å². The molecule has 4 nitrogen and oxygen atoms in total. The normalized spacial score (nSPS) is 30.9. The zero-order chi connectivity index (χ0) is 11.2. The van der Waals surface area contributed by atoms with Gasteiger partial charge in [0.25, 0.3) is 0 Å². The summed E-state index contributed by atoms with van der Waals surface area (Å²) in [7, 11) is 1.40. The van der Waals surface area contributed by atoms with Crippen molar-refractivity contribution in [2.24, 2.45) is 0 Å². The van der Waals surface area contributed by atoms with E-state index < -0.39 is 0 Å². The first-order chi connectivity index (χ1) is 7.75. The van der Waals surface area contributed by atoms with Crippen molar-refractivity contribution in [2.75, 3.05) is 7.11 Å². The summed E-state index contributed by atoms with van der Waals surface area (Å²) in [5, 5.41) is 0. The largest absolute Gasteiger partial charge is 0.467 e. The molecule has 0 bridgehead atoms. The standard InChI is InChI=1S/C12H13NO3/c1-15-11(14)10-12(16-10)5-4-9-8(7-12)3-2-6-13-9/h2-3,6,10H,4-5,7H2,1H3. The molecule has 0 N–H and O–H groups in total. The molecule has 2 heterocycles. The average molecular weight is 219 g/mol. The first-order valence-electron chi connectivity index (χ1n) is 5.44. The van der Waals surface area contributed by atoms with Crippen LogP contribution in [0.2, 0.25) is 0 Å². The van der Waals surface area contributed by atoms with Crippen molar-refractivity contribution < 1.29 is 14.3 Å². The number of epoxide rings is 1. The van der Waals surface area contributed by atoms with Crippen LogP contribution in [0.25, 0.3) is 0 Å². The number of hydrogen-bond donors (Lipinski definition) is 0. The summed E-state index contributed by atoms with van der Waals surface area (Å²) in [6.45, 7) is 0. The minimum absolute atomic E-state index is 0.257. The molecule has 2 unspecified atom stereocenters. The van der Waals surface area contributed by atoms with Crippen molar-refractivity contribution in [1.29, 1.82) is 0 Å². The quantitative estimate of drug-likeness (QED) is 0.519. The Morgan fingerprint density at radius 2 is 2.56 bits per heavy atom. The SMILES string of the molecule is COC(=O)C1OC12CCc1ncccc1C2. The second kappa shape index (κ2) is 3.28. The molecule has 1 saturated heterocycles. The minimum Gasteiger partial charge on any atom is -0.467 e. The van der Waals surface area contributed by atoms with E-state index in [1.54, 1.807) is 0 Å². The summed E-state index contributed by atoms with van der Waals surface area (Å²) in [6.07, 6.45) is 3.95. The Morgan fingerprint density at radius 1 is 1.69 bits per heavy atom. The van der Waals surface area contributed by atoms with Gasteiger partial charge in [-0.1, -0.05) is 6.07 Å². The van der Waals surface area contributed by atoms with Gasteiger partial charge in [-0.05, 0) is 24.5 Å². The van der Waals surface area contributed by atoms with Gasteiger partial charge in [0.1, 0.15) is 5.60 Å².